The number of amides is 2. The highest BCUT2D eigenvalue weighted by Gasteiger charge is 2.31. The molecule has 4 N–H and O–H groups in total. The first-order valence-electron chi connectivity index (χ1n) is 5.06. The van der Waals surface area contributed by atoms with Gasteiger partial charge in [-0.2, -0.15) is 0 Å². The third kappa shape index (κ3) is 2.12. The molecule has 2 aliphatic heterocycles. The van der Waals surface area contributed by atoms with Gasteiger partial charge >= 0.3 is 6.03 Å². The number of fused-ring (bicyclic) bond motifs is 2. The van der Waals surface area contributed by atoms with Crippen molar-refractivity contribution in [1.82, 2.24) is 10.6 Å². The van der Waals surface area contributed by atoms with Crippen LogP contribution >= 0.6 is 0 Å². The molecule has 74 valence electrons. The number of rotatable bonds is 1. The van der Waals surface area contributed by atoms with Crippen LogP contribution in [0.4, 0.5) is 4.79 Å². The zero-order valence-electron chi connectivity index (χ0n) is 7.75. The largest absolute Gasteiger partial charge is 0.352 e. The van der Waals surface area contributed by atoms with Gasteiger partial charge in [0.25, 0.3) is 0 Å². The lowest BCUT2D eigenvalue weighted by Crippen LogP contribution is -2.55. The maximum Gasteiger partial charge on any atom is 0.312 e. The Labute approximate surface area is 78.2 Å². The van der Waals surface area contributed by atoms with E-state index in [1.54, 1.807) is 0 Å². The molecule has 2 bridgehead atoms. The molecular weight excluding hydrogens is 166 g/mol. The Morgan fingerprint density at radius 2 is 1.92 bits per heavy atom. The van der Waals surface area contributed by atoms with Crippen molar-refractivity contribution in [3.8, 4) is 0 Å². The first kappa shape index (κ1) is 8.81. The predicted octanol–water partition coefficient (Wildman–Crippen LogP) is 0.328. The lowest BCUT2D eigenvalue weighted by molar-refractivity contribution is 0.198. The van der Waals surface area contributed by atoms with Gasteiger partial charge in [-0.25, -0.2) is 4.79 Å². The third-order valence-electron chi connectivity index (χ3n) is 3.06. The van der Waals surface area contributed by atoms with Crippen molar-refractivity contribution >= 4 is 6.03 Å². The van der Waals surface area contributed by atoms with E-state index in [4.69, 9.17) is 5.73 Å². The van der Waals surface area contributed by atoms with Crippen LogP contribution in [-0.4, -0.2) is 24.2 Å². The summed E-state index contributed by atoms with van der Waals surface area (Å²) in [7, 11) is 0. The van der Waals surface area contributed by atoms with E-state index in [1.165, 1.54) is 19.3 Å². The van der Waals surface area contributed by atoms with Crippen molar-refractivity contribution in [3.63, 3.8) is 0 Å². The SMILES string of the molecule is NC(=O)NC1C[C@H]2CCC[C@@H](C1)N2. The van der Waals surface area contributed by atoms with Gasteiger partial charge in [0.05, 0.1) is 0 Å². The van der Waals surface area contributed by atoms with Crippen LogP contribution in [0.15, 0.2) is 0 Å². The number of carbonyl (C=O) groups is 1. The molecule has 4 heteroatoms. The van der Waals surface area contributed by atoms with Crippen LogP contribution in [0.3, 0.4) is 0 Å². The minimum Gasteiger partial charge on any atom is -0.352 e. The molecule has 0 aromatic rings. The van der Waals surface area contributed by atoms with Crippen LogP contribution in [0.5, 0.6) is 0 Å². The lowest BCUT2D eigenvalue weighted by atomic mass is 9.84. The van der Waals surface area contributed by atoms with Gasteiger partial charge in [-0.15, -0.1) is 0 Å². The number of hydrogen-bond acceptors (Lipinski definition) is 2. The van der Waals surface area contributed by atoms with Crippen LogP contribution in [-0.2, 0) is 0 Å². The highest BCUT2D eigenvalue weighted by atomic mass is 16.2. The molecule has 0 spiro atoms. The minimum atomic E-state index is -0.384. The third-order valence-corrected chi connectivity index (χ3v) is 3.06. The molecular formula is C9H17N3O. The van der Waals surface area contributed by atoms with Crippen molar-refractivity contribution in [2.24, 2.45) is 5.73 Å². The van der Waals surface area contributed by atoms with Crippen LogP contribution < -0.4 is 16.4 Å². The van der Waals surface area contributed by atoms with Gasteiger partial charge < -0.3 is 16.4 Å². The fourth-order valence-corrected chi connectivity index (χ4v) is 2.58. The van der Waals surface area contributed by atoms with E-state index in [9.17, 15) is 4.79 Å². The normalized spacial score (nSPS) is 38.3. The van der Waals surface area contributed by atoms with E-state index < -0.39 is 0 Å². The van der Waals surface area contributed by atoms with Crippen molar-refractivity contribution in [2.75, 3.05) is 0 Å². The van der Waals surface area contributed by atoms with Gasteiger partial charge in [-0.05, 0) is 25.7 Å². The van der Waals surface area contributed by atoms with Crippen LogP contribution in [0, 0.1) is 0 Å². The first-order chi connectivity index (χ1) is 6.24. The Morgan fingerprint density at radius 1 is 1.31 bits per heavy atom. The second-order valence-electron chi connectivity index (χ2n) is 4.17. The molecule has 0 aromatic heterocycles. The average molecular weight is 183 g/mol. The second-order valence-corrected chi connectivity index (χ2v) is 4.17. The summed E-state index contributed by atoms with van der Waals surface area (Å²) in [6.07, 6.45) is 5.89. The predicted molar refractivity (Wildman–Crippen MR) is 50.3 cm³/mol. The molecule has 0 aliphatic carbocycles. The fraction of sp³-hybridized carbons (Fsp3) is 0.889. The van der Waals surface area contributed by atoms with Gasteiger partial charge in [0, 0.05) is 18.1 Å². The van der Waals surface area contributed by atoms with E-state index >= 15 is 0 Å². The second kappa shape index (κ2) is 3.54. The molecule has 13 heavy (non-hydrogen) atoms. The minimum absolute atomic E-state index is 0.300. The standard InChI is InChI=1S/C9H17N3O/c10-9(13)12-8-4-6-2-1-3-7(5-8)11-6/h6-8,11H,1-5H2,(H3,10,12,13)/t6-,7+,8?. The van der Waals surface area contributed by atoms with Crippen LogP contribution in [0.1, 0.15) is 32.1 Å². The van der Waals surface area contributed by atoms with Crippen molar-refractivity contribution in [1.29, 1.82) is 0 Å². The zero-order chi connectivity index (χ0) is 9.26. The van der Waals surface area contributed by atoms with Gasteiger partial charge in [0.15, 0.2) is 0 Å². The zero-order valence-corrected chi connectivity index (χ0v) is 7.75. The Morgan fingerprint density at radius 3 is 2.46 bits per heavy atom. The number of piperidine rings is 2. The summed E-state index contributed by atoms with van der Waals surface area (Å²) in [6.45, 7) is 0. The molecule has 4 nitrogen and oxygen atoms in total. The maximum atomic E-state index is 10.7. The molecule has 2 fully saturated rings. The summed E-state index contributed by atoms with van der Waals surface area (Å²) in [5.74, 6) is 0. The monoisotopic (exact) mass is 183 g/mol. The van der Waals surface area contributed by atoms with E-state index in [1.807, 2.05) is 0 Å². The van der Waals surface area contributed by atoms with E-state index in [2.05, 4.69) is 10.6 Å². The highest BCUT2D eigenvalue weighted by Crippen LogP contribution is 2.25. The van der Waals surface area contributed by atoms with Crippen LogP contribution in [0.25, 0.3) is 0 Å². The summed E-state index contributed by atoms with van der Waals surface area (Å²) in [5.41, 5.74) is 5.10. The molecule has 2 heterocycles. The molecule has 0 saturated carbocycles. The Kier molecular flexibility index (Phi) is 2.40. The summed E-state index contributed by atoms with van der Waals surface area (Å²) < 4.78 is 0. The van der Waals surface area contributed by atoms with Gasteiger partial charge in [0.1, 0.15) is 0 Å². The first-order valence-corrected chi connectivity index (χ1v) is 5.06. The Hall–Kier alpha value is -0.770. The Balaban J connectivity index is 1.90. The number of hydrogen-bond donors (Lipinski definition) is 3. The number of nitrogens with two attached hydrogens (primary N) is 1. The molecule has 3 atom stereocenters. The van der Waals surface area contributed by atoms with Crippen LogP contribution in [0.2, 0.25) is 0 Å². The molecule has 2 amide bonds. The van der Waals surface area contributed by atoms with Crippen molar-refractivity contribution in [2.45, 2.75) is 50.2 Å². The van der Waals surface area contributed by atoms with Crippen molar-refractivity contribution < 1.29 is 4.79 Å². The van der Waals surface area contributed by atoms with E-state index in [0.29, 0.717) is 18.1 Å². The maximum absolute atomic E-state index is 10.7. The van der Waals surface area contributed by atoms with E-state index in [-0.39, 0.29) is 6.03 Å². The summed E-state index contributed by atoms with van der Waals surface area (Å²) >= 11 is 0. The molecule has 2 saturated heterocycles. The van der Waals surface area contributed by atoms with E-state index in [0.717, 1.165) is 12.8 Å². The van der Waals surface area contributed by atoms with Crippen molar-refractivity contribution in [3.05, 3.63) is 0 Å². The van der Waals surface area contributed by atoms with Gasteiger partial charge in [0.2, 0.25) is 0 Å². The quantitative estimate of drug-likeness (QED) is 0.548. The number of nitrogens with one attached hydrogen (secondary N) is 2. The Bertz CT molecular complexity index is 195. The molecule has 2 aliphatic rings. The average Bonchev–Trinajstić information content (AvgIpc) is 2.01. The molecule has 0 aromatic carbocycles. The van der Waals surface area contributed by atoms with Gasteiger partial charge in [-0.1, -0.05) is 6.42 Å². The number of carbonyl (C=O) groups excluding carboxylic acids is 1. The molecule has 1 unspecified atom stereocenters. The lowest BCUT2D eigenvalue weighted by Gasteiger charge is -2.40. The number of primary amides is 1. The molecule has 2 rings (SSSR count). The number of urea groups is 1. The summed E-state index contributed by atoms with van der Waals surface area (Å²) in [6, 6.07) is 1.12. The topological polar surface area (TPSA) is 67.2 Å². The summed E-state index contributed by atoms with van der Waals surface area (Å²) in [4.78, 5) is 10.7. The summed E-state index contributed by atoms with van der Waals surface area (Å²) in [5, 5.41) is 6.37. The molecule has 0 radical (unpaired) electrons. The van der Waals surface area contributed by atoms with Gasteiger partial charge in [-0.3, -0.25) is 0 Å². The fourth-order valence-electron chi connectivity index (χ4n) is 2.58. The smallest absolute Gasteiger partial charge is 0.312 e. The highest BCUT2D eigenvalue weighted by molar-refractivity contribution is 5.71.